The Labute approximate surface area is 118 Å². The van der Waals surface area contributed by atoms with E-state index in [0.717, 1.165) is 14.2 Å². The Morgan fingerprint density at radius 1 is 1.39 bits per heavy atom. The van der Waals surface area contributed by atoms with E-state index in [0.29, 0.717) is 5.56 Å². The van der Waals surface area contributed by atoms with Crippen LogP contribution in [-0.2, 0) is 0 Å². The Balaban J connectivity index is 2.38. The SMILES string of the molecule is CNC(c1cccc(C(=O)O)c1)c1ccc(Br)s1. The molecule has 0 spiro atoms. The maximum atomic E-state index is 11.0. The third-order valence-corrected chi connectivity index (χ3v) is 4.32. The van der Waals surface area contributed by atoms with Gasteiger partial charge in [0.2, 0.25) is 0 Å². The fourth-order valence-electron chi connectivity index (χ4n) is 1.81. The van der Waals surface area contributed by atoms with E-state index in [1.165, 1.54) is 0 Å². The lowest BCUT2D eigenvalue weighted by molar-refractivity contribution is 0.0696. The molecular formula is C13H12BrNO2S. The van der Waals surface area contributed by atoms with Gasteiger partial charge >= 0.3 is 5.97 Å². The fourth-order valence-corrected chi connectivity index (χ4v) is 3.37. The molecule has 0 bridgehead atoms. The van der Waals surface area contributed by atoms with Crippen molar-refractivity contribution in [1.82, 2.24) is 5.32 Å². The van der Waals surface area contributed by atoms with Crippen molar-refractivity contribution in [3.05, 3.63) is 56.2 Å². The fraction of sp³-hybridized carbons (Fsp3) is 0.154. The van der Waals surface area contributed by atoms with Gasteiger partial charge in [0.25, 0.3) is 0 Å². The molecule has 0 fully saturated rings. The molecule has 0 saturated heterocycles. The molecule has 1 unspecified atom stereocenters. The standard InChI is InChI=1S/C13H12BrNO2S/c1-15-12(10-5-6-11(14)18-10)8-3-2-4-9(7-8)13(16)17/h2-7,12,15H,1H3,(H,16,17). The first-order valence-corrected chi connectivity index (χ1v) is 6.98. The van der Waals surface area contributed by atoms with E-state index in [1.54, 1.807) is 29.5 Å². The molecule has 0 aliphatic heterocycles. The monoisotopic (exact) mass is 325 g/mol. The smallest absolute Gasteiger partial charge is 0.335 e. The number of thiophene rings is 1. The summed E-state index contributed by atoms with van der Waals surface area (Å²) in [5.41, 5.74) is 1.26. The van der Waals surface area contributed by atoms with Crippen LogP contribution in [0.25, 0.3) is 0 Å². The van der Waals surface area contributed by atoms with Crippen molar-refractivity contribution in [2.24, 2.45) is 0 Å². The molecule has 2 aromatic rings. The van der Waals surface area contributed by atoms with Crippen LogP contribution in [0.2, 0.25) is 0 Å². The van der Waals surface area contributed by atoms with E-state index in [4.69, 9.17) is 5.11 Å². The van der Waals surface area contributed by atoms with Crippen LogP contribution in [0.15, 0.2) is 40.2 Å². The molecule has 18 heavy (non-hydrogen) atoms. The Morgan fingerprint density at radius 2 is 2.17 bits per heavy atom. The molecular weight excluding hydrogens is 314 g/mol. The molecule has 2 rings (SSSR count). The van der Waals surface area contributed by atoms with Gasteiger partial charge in [-0.25, -0.2) is 4.79 Å². The molecule has 3 nitrogen and oxygen atoms in total. The van der Waals surface area contributed by atoms with Gasteiger partial charge in [-0.3, -0.25) is 0 Å². The number of hydrogen-bond acceptors (Lipinski definition) is 3. The molecule has 0 aliphatic rings. The number of benzene rings is 1. The van der Waals surface area contributed by atoms with Crippen LogP contribution >= 0.6 is 27.3 Å². The summed E-state index contributed by atoms with van der Waals surface area (Å²) in [6.07, 6.45) is 0. The lowest BCUT2D eigenvalue weighted by Gasteiger charge is -2.15. The zero-order valence-corrected chi connectivity index (χ0v) is 12.1. The second-order valence-corrected chi connectivity index (χ2v) is 6.29. The Bertz CT molecular complexity index is 568. The van der Waals surface area contributed by atoms with Crippen molar-refractivity contribution in [3.8, 4) is 0 Å². The highest BCUT2D eigenvalue weighted by Crippen LogP contribution is 2.31. The molecule has 1 aromatic heterocycles. The van der Waals surface area contributed by atoms with Gasteiger partial charge < -0.3 is 10.4 Å². The predicted octanol–water partition coefficient (Wildman–Crippen LogP) is 3.52. The largest absolute Gasteiger partial charge is 0.478 e. The average Bonchev–Trinajstić information content (AvgIpc) is 2.77. The lowest BCUT2D eigenvalue weighted by atomic mass is 10.0. The van der Waals surface area contributed by atoms with Crippen molar-refractivity contribution in [1.29, 1.82) is 0 Å². The third kappa shape index (κ3) is 2.80. The molecule has 0 aliphatic carbocycles. The molecule has 1 atom stereocenters. The minimum absolute atomic E-state index is 0.0144. The number of carboxylic acids is 1. The topological polar surface area (TPSA) is 49.3 Å². The van der Waals surface area contributed by atoms with E-state index in [2.05, 4.69) is 21.2 Å². The number of carbonyl (C=O) groups is 1. The molecule has 5 heteroatoms. The van der Waals surface area contributed by atoms with Crippen LogP contribution in [0.4, 0.5) is 0 Å². The van der Waals surface area contributed by atoms with Gasteiger partial charge in [-0.05, 0) is 52.8 Å². The van der Waals surface area contributed by atoms with Gasteiger partial charge in [0.15, 0.2) is 0 Å². The van der Waals surface area contributed by atoms with Gasteiger partial charge in [-0.2, -0.15) is 0 Å². The van der Waals surface area contributed by atoms with Gasteiger partial charge in [-0.15, -0.1) is 11.3 Å². The summed E-state index contributed by atoms with van der Waals surface area (Å²) < 4.78 is 1.06. The van der Waals surface area contributed by atoms with E-state index < -0.39 is 5.97 Å². The molecule has 2 N–H and O–H groups in total. The summed E-state index contributed by atoms with van der Waals surface area (Å²) >= 11 is 5.07. The number of hydrogen-bond donors (Lipinski definition) is 2. The van der Waals surface area contributed by atoms with E-state index in [1.807, 2.05) is 25.2 Å². The molecule has 1 aromatic carbocycles. The molecule has 0 amide bonds. The van der Waals surface area contributed by atoms with Crippen LogP contribution in [0.3, 0.4) is 0 Å². The van der Waals surface area contributed by atoms with E-state index in [-0.39, 0.29) is 6.04 Å². The van der Waals surface area contributed by atoms with Crippen LogP contribution in [0.5, 0.6) is 0 Å². The summed E-state index contributed by atoms with van der Waals surface area (Å²) in [5, 5.41) is 12.2. The van der Waals surface area contributed by atoms with E-state index in [9.17, 15) is 4.79 Å². The minimum atomic E-state index is -0.904. The molecule has 1 heterocycles. The van der Waals surface area contributed by atoms with Gasteiger partial charge in [0.05, 0.1) is 15.4 Å². The lowest BCUT2D eigenvalue weighted by Crippen LogP contribution is -2.16. The van der Waals surface area contributed by atoms with Gasteiger partial charge in [0, 0.05) is 4.88 Å². The van der Waals surface area contributed by atoms with Crippen molar-refractivity contribution < 1.29 is 9.90 Å². The van der Waals surface area contributed by atoms with Crippen LogP contribution < -0.4 is 5.32 Å². The Morgan fingerprint density at radius 3 is 2.72 bits per heavy atom. The second-order valence-electron chi connectivity index (χ2n) is 3.79. The van der Waals surface area contributed by atoms with Gasteiger partial charge in [-0.1, -0.05) is 12.1 Å². The Kier molecular flexibility index (Phi) is 4.16. The third-order valence-electron chi connectivity index (χ3n) is 2.63. The zero-order chi connectivity index (χ0) is 13.1. The highest BCUT2D eigenvalue weighted by atomic mass is 79.9. The predicted molar refractivity (Wildman–Crippen MR) is 76.3 cm³/mol. The second kappa shape index (κ2) is 5.65. The maximum Gasteiger partial charge on any atom is 0.335 e. The highest BCUT2D eigenvalue weighted by molar-refractivity contribution is 9.11. The maximum absolute atomic E-state index is 11.0. The summed E-state index contributed by atoms with van der Waals surface area (Å²) in [4.78, 5) is 12.1. The van der Waals surface area contributed by atoms with Crippen LogP contribution in [0, 0.1) is 0 Å². The quantitative estimate of drug-likeness (QED) is 0.904. The molecule has 0 saturated carbocycles. The van der Waals surface area contributed by atoms with Crippen molar-refractivity contribution in [2.75, 3.05) is 7.05 Å². The highest BCUT2D eigenvalue weighted by Gasteiger charge is 2.15. The zero-order valence-electron chi connectivity index (χ0n) is 9.68. The van der Waals surface area contributed by atoms with Crippen molar-refractivity contribution in [3.63, 3.8) is 0 Å². The number of nitrogens with one attached hydrogen (secondary N) is 1. The number of aromatic carboxylic acids is 1. The van der Waals surface area contributed by atoms with Crippen molar-refractivity contribution in [2.45, 2.75) is 6.04 Å². The first-order valence-electron chi connectivity index (χ1n) is 5.37. The van der Waals surface area contributed by atoms with Crippen LogP contribution in [-0.4, -0.2) is 18.1 Å². The average molecular weight is 326 g/mol. The number of halogens is 1. The molecule has 0 radical (unpaired) electrons. The Hall–Kier alpha value is -1.17. The normalized spacial score (nSPS) is 12.3. The summed E-state index contributed by atoms with van der Waals surface area (Å²) in [5.74, 6) is -0.904. The summed E-state index contributed by atoms with van der Waals surface area (Å²) in [7, 11) is 1.87. The number of carboxylic acid groups (broad SMARTS) is 1. The summed E-state index contributed by atoms with van der Waals surface area (Å²) in [6.45, 7) is 0. The van der Waals surface area contributed by atoms with Crippen molar-refractivity contribution >= 4 is 33.2 Å². The van der Waals surface area contributed by atoms with E-state index >= 15 is 0 Å². The first-order chi connectivity index (χ1) is 8.61. The minimum Gasteiger partial charge on any atom is -0.478 e. The molecule has 94 valence electrons. The van der Waals surface area contributed by atoms with Crippen LogP contribution in [0.1, 0.15) is 26.8 Å². The number of rotatable bonds is 4. The van der Waals surface area contributed by atoms with Gasteiger partial charge in [0.1, 0.15) is 0 Å². The summed E-state index contributed by atoms with van der Waals surface area (Å²) in [6, 6.07) is 11.0. The first kappa shape index (κ1) is 13.3.